The highest BCUT2D eigenvalue weighted by Crippen LogP contribution is 2.62. The van der Waals surface area contributed by atoms with Gasteiger partial charge in [0.05, 0.1) is 5.69 Å². The highest BCUT2D eigenvalue weighted by molar-refractivity contribution is 5.61. The van der Waals surface area contributed by atoms with Crippen molar-refractivity contribution in [2.75, 3.05) is 39.0 Å². The molecule has 0 bridgehead atoms. The number of hydrogen-bond donors (Lipinski definition) is 1. The van der Waals surface area contributed by atoms with Gasteiger partial charge in [-0.2, -0.15) is 0 Å². The average Bonchev–Trinajstić information content (AvgIpc) is 3.04. The maximum absolute atomic E-state index is 5.93. The second kappa shape index (κ2) is 7.65. The number of nitrogen functional groups attached to an aromatic ring is 1. The van der Waals surface area contributed by atoms with Crippen molar-refractivity contribution in [3.8, 4) is 11.3 Å². The second-order valence-corrected chi connectivity index (χ2v) is 10.3. The first kappa shape index (κ1) is 20.0. The number of fused-ring (bicyclic) bond motifs is 1. The molecule has 5 rings (SSSR count). The molecule has 30 heavy (non-hydrogen) atoms. The van der Waals surface area contributed by atoms with E-state index < -0.39 is 0 Å². The number of likely N-dealkylation sites (N-methyl/N-ethyl adjacent to an activating group) is 1. The number of nitrogens with zero attached hydrogens (tertiary/aromatic N) is 5. The molecule has 2 unspecified atom stereocenters. The third kappa shape index (κ3) is 3.65. The number of aryl methyl sites for hydroxylation is 1. The summed E-state index contributed by atoms with van der Waals surface area (Å²) in [6.45, 7) is 11.5. The van der Waals surface area contributed by atoms with E-state index in [1.807, 2.05) is 13.1 Å². The van der Waals surface area contributed by atoms with Crippen LogP contribution in [0.4, 0.5) is 5.82 Å². The smallest absolute Gasteiger partial charge is 0.126 e. The van der Waals surface area contributed by atoms with Gasteiger partial charge in [-0.3, -0.25) is 4.90 Å². The molecule has 6 nitrogen and oxygen atoms in total. The van der Waals surface area contributed by atoms with Crippen molar-refractivity contribution >= 4 is 5.82 Å². The summed E-state index contributed by atoms with van der Waals surface area (Å²) in [6, 6.07) is 3.56. The molecule has 2 aromatic heterocycles. The van der Waals surface area contributed by atoms with Gasteiger partial charge in [-0.05, 0) is 56.2 Å². The predicted molar refractivity (Wildman–Crippen MR) is 121 cm³/mol. The number of rotatable bonds is 5. The van der Waals surface area contributed by atoms with Crippen LogP contribution >= 0.6 is 0 Å². The Morgan fingerprint density at radius 1 is 1.13 bits per heavy atom. The molecule has 3 heterocycles. The van der Waals surface area contributed by atoms with Gasteiger partial charge in [-0.25, -0.2) is 9.97 Å². The normalized spacial score (nSPS) is 29.5. The molecule has 4 atom stereocenters. The summed E-state index contributed by atoms with van der Waals surface area (Å²) in [5.74, 6) is 4.10. The molecule has 2 aromatic rings. The van der Waals surface area contributed by atoms with Gasteiger partial charge < -0.3 is 15.2 Å². The highest BCUT2D eigenvalue weighted by atomic mass is 15.3. The molecule has 162 valence electrons. The molecule has 3 fully saturated rings. The van der Waals surface area contributed by atoms with Crippen LogP contribution in [0.15, 0.2) is 18.5 Å². The van der Waals surface area contributed by atoms with Crippen LogP contribution in [0.1, 0.15) is 44.1 Å². The van der Waals surface area contributed by atoms with Crippen molar-refractivity contribution in [2.45, 2.75) is 52.1 Å². The highest BCUT2D eigenvalue weighted by Gasteiger charge is 2.58. The number of aromatic nitrogens is 3. The lowest BCUT2D eigenvalue weighted by Crippen LogP contribution is -2.48. The maximum atomic E-state index is 5.93. The Labute approximate surface area is 180 Å². The van der Waals surface area contributed by atoms with Crippen LogP contribution < -0.4 is 5.73 Å². The Kier molecular flexibility index (Phi) is 5.10. The van der Waals surface area contributed by atoms with E-state index in [0.717, 1.165) is 41.1 Å². The zero-order chi connectivity index (χ0) is 21.0. The molecule has 2 N–H and O–H groups in total. The van der Waals surface area contributed by atoms with E-state index in [1.165, 1.54) is 44.8 Å². The molecular weight excluding hydrogens is 372 g/mol. The van der Waals surface area contributed by atoms with Crippen LogP contribution in [-0.2, 0) is 6.42 Å². The van der Waals surface area contributed by atoms with Gasteiger partial charge in [0, 0.05) is 62.6 Å². The number of imidazole rings is 1. The van der Waals surface area contributed by atoms with Crippen molar-refractivity contribution in [3.05, 3.63) is 29.8 Å². The fourth-order valence-electron chi connectivity index (χ4n) is 5.75. The Morgan fingerprint density at radius 3 is 2.47 bits per heavy atom. The van der Waals surface area contributed by atoms with Gasteiger partial charge in [0.2, 0.25) is 0 Å². The number of anilines is 1. The molecule has 6 heteroatoms. The van der Waals surface area contributed by atoms with E-state index in [4.69, 9.17) is 10.7 Å². The molecule has 2 aliphatic carbocycles. The number of hydrogen-bond acceptors (Lipinski definition) is 5. The zero-order valence-corrected chi connectivity index (χ0v) is 18.9. The summed E-state index contributed by atoms with van der Waals surface area (Å²) in [7, 11) is 2.24. The summed E-state index contributed by atoms with van der Waals surface area (Å²) >= 11 is 0. The summed E-state index contributed by atoms with van der Waals surface area (Å²) in [4.78, 5) is 14.6. The Balaban J connectivity index is 1.34. The van der Waals surface area contributed by atoms with Crippen molar-refractivity contribution in [3.63, 3.8) is 0 Å². The first-order valence-electron chi connectivity index (χ1n) is 11.6. The first-order valence-corrected chi connectivity index (χ1v) is 11.6. The lowest BCUT2D eigenvalue weighted by atomic mass is 10.1. The van der Waals surface area contributed by atoms with Crippen molar-refractivity contribution in [1.82, 2.24) is 24.3 Å². The van der Waals surface area contributed by atoms with E-state index in [-0.39, 0.29) is 0 Å². The largest absolute Gasteiger partial charge is 0.383 e. The molecule has 2 saturated carbocycles. The molecule has 0 spiro atoms. The number of nitrogens with two attached hydrogens (primary N) is 1. The lowest BCUT2D eigenvalue weighted by Gasteiger charge is -2.37. The fraction of sp³-hybridized carbons (Fsp3) is 0.667. The van der Waals surface area contributed by atoms with Crippen molar-refractivity contribution in [1.29, 1.82) is 0 Å². The van der Waals surface area contributed by atoms with Gasteiger partial charge >= 0.3 is 0 Å². The third-order valence-corrected chi connectivity index (χ3v) is 7.56. The van der Waals surface area contributed by atoms with Gasteiger partial charge in [0.1, 0.15) is 11.6 Å². The van der Waals surface area contributed by atoms with E-state index in [2.05, 4.69) is 52.5 Å². The number of piperazine rings is 1. The van der Waals surface area contributed by atoms with Crippen LogP contribution in [-0.4, -0.2) is 63.6 Å². The molecule has 0 radical (unpaired) electrons. The molecule has 1 saturated heterocycles. The van der Waals surface area contributed by atoms with Gasteiger partial charge in [0.25, 0.3) is 0 Å². The average molecular weight is 409 g/mol. The third-order valence-electron chi connectivity index (χ3n) is 7.56. The minimum Gasteiger partial charge on any atom is -0.383 e. The minimum atomic E-state index is 0.599. The van der Waals surface area contributed by atoms with E-state index in [1.54, 1.807) is 0 Å². The fourth-order valence-corrected chi connectivity index (χ4v) is 5.75. The first-order chi connectivity index (χ1) is 14.4. The quantitative estimate of drug-likeness (QED) is 0.823. The van der Waals surface area contributed by atoms with Crippen LogP contribution in [0.25, 0.3) is 11.3 Å². The van der Waals surface area contributed by atoms with Crippen molar-refractivity contribution < 1.29 is 0 Å². The molecule has 3 aliphatic rings. The van der Waals surface area contributed by atoms with Crippen molar-refractivity contribution in [2.24, 2.45) is 17.8 Å². The van der Waals surface area contributed by atoms with Gasteiger partial charge in [0.15, 0.2) is 0 Å². The minimum absolute atomic E-state index is 0.599. The Morgan fingerprint density at radius 2 is 1.83 bits per heavy atom. The van der Waals surface area contributed by atoms with Gasteiger partial charge in [-0.1, -0.05) is 13.8 Å². The van der Waals surface area contributed by atoms with Crippen LogP contribution in [0.2, 0.25) is 0 Å². The SMILES string of the molecule is Cc1cc(-c2cn(C3[C@H]4CC(N5CCN(C)CC5)C[C@@H]34)c(CC(C)C)n2)cnc1N. The maximum Gasteiger partial charge on any atom is 0.126 e. The summed E-state index contributed by atoms with van der Waals surface area (Å²) in [5.41, 5.74) is 9.06. The molecule has 1 aliphatic heterocycles. The monoisotopic (exact) mass is 408 g/mol. The van der Waals surface area contributed by atoms with Crippen LogP contribution in [0, 0.1) is 24.7 Å². The summed E-state index contributed by atoms with van der Waals surface area (Å²) in [5, 5.41) is 0. The van der Waals surface area contributed by atoms with Crippen LogP contribution in [0.5, 0.6) is 0 Å². The number of pyridine rings is 1. The van der Waals surface area contributed by atoms with Gasteiger partial charge in [-0.15, -0.1) is 0 Å². The topological polar surface area (TPSA) is 63.2 Å². The lowest BCUT2D eigenvalue weighted by molar-refractivity contribution is 0.105. The molecule has 0 aromatic carbocycles. The zero-order valence-electron chi connectivity index (χ0n) is 18.9. The van der Waals surface area contributed by atoms with E-state index in [9.17, 15) is 0 Å². The predicted octanol–water partition coefficient (Wildman–Crippen LogP) is 3.23. The standard InChI is InChI=1S/C24H36N6/c1-15(2)9-22-27-21(17-10-16(3)24(25)26-13-17)14-30(22)23-19-11-18(12-20(19)23)29-7-5-28(4)6-8-29/h10,13-15,18-20,23H,5-9,11-12H2,1-4H3,(H2,25,26)/t18?,19-,20+,23?. The van der Waals surface area contributed by atoms with Crippen LogP contribution in [0.3, 0.4) is 0 Å². The summed E-state index contributed by atoms with van der Waals surface area (Å²) in [6.07, 6.45) is 7.90. The summed E-state index contributed by atoms with van der Waals surface area (Å²) < 4.78 is 2.52. The Bertz CT molecular complexity index is 898. The molecular formula is C24H36N6. The molecule has 0 amide bonds. The second-order valence-electron chi connectivity index (χ2n) is 10.3. The van der Waals surface area contributed by atoms with E-state index >= 15 is 0 Å². The van der Waals surface area contributed by atoms with E-state index in [0.29, 0.717) is 17.8 Å². The Hall–Kier alpha value is -1.92.